The van der Waals surface area contributed by atoms with Crippen LogP contribution >= 0.6 is 0 Å². The van der Waals surface area contributed by atoms with Crippen LogP contribution in [0.4, 0.5) is 23.7 Å². The van der Waals surface area contributed by atoms with E-state index >= 15 is 0 Å². The zero-order valence-corrected chi connectivity index (χ0v) is 16.0. The molecular formula is C21H15F3N2O5. The number of carbonyl (C=O) groups excluding carboxylic acids is 2. The summed E-state index contributed by atoms with van der Waals surface area (Å²) in [5.41, 5.74) is -1.32. The average Bonchev–Trinajstić information content (AvgIpc) is 3.14. The highest BCUT2D eigenvalue weighted by atomic mass is 19.4. The third-order valence-electron chi connectivity index (χ3n) is 4.94. The molecule has 31 heavy (non-hydrogen) atoms. The van der Waals surface area contributed by atoms with Crippen molar-refractivity contribution in [3.05, 3.63) is 64.4 Å². The molecule has 1 aliphatic rings. The van der Waals surface area contributed by atoms with Crippen molar-refractivity contribution in [1.29, 1.82) is 0 Å². The molecule has 1 fully saturated rings. The van der Waals surface area contributed by atoms with Crippen molar-refractivity contribution in [3.63, 3.8) is 0 Å². The van der Waals surface area contributed by atoms with Gasteiger partial charge in [0.15, 0.2) is 0 Å². The number of halogens is 3. The molecule has 4 rings (SSSR count). The number of rotatable bonds is 3. The smallest absolute Gasteiger partial charge is 0.417 e. The Bertz CT molecular complexity index is 1250. The van der Waals surface area contributed by atoms with Gasteiger partial charge in [-0.3, -0.25) is 9.69 Å². The number of aromatic amines is 1. The van der Waals surface area contributed by atoms with Crippen molar-refractivity contribution < 1.29 is 32.2 Å². The zero-order chi connectivity index (χ0) is 22.3. The largest absolute Gasteiger partial charge is 0.466 e. The first-order valence-electron chi connectivity index (χ1n) is 9.08. The predicted octanol–water partition coefficient (Wildman–Crippen LogP) is 3.71. The molecule has 3 aromatic rings. The number of amides is 1. The van der Waals surface area contributed by atoms with Gasteiger partial charge in [0.1, 0.15) is 0 Å². The maximum absolute atomic E-state index is 13.4. The molecule has 2 aromatic carbocycles. The van der Waals surface area contributed by atoms with Gasteiger partial charge in [0.05, 0.1) is 19.2 Å². The number of H-pyrrole nitrogens is 1. The summed E-state index contributed by atoms with van der Waals surface area (Å²) in [5.74, 6) is -0.706. The Morgan fingerprint density at radius 2 is 1.90 bits per heavy atom. The summed E-state index contributed by atoms with van der Waals surface area (Å²) in [7, 11) is 1.17. The summed E-state index contributed by atoms with van der Waals surface area (Å²) in [6.07, 6.45) is -6.45. The maximum atomic E-state index is 13.4. The first-order valence-corrected chi connectivity index (χ1v) is 9.08. The molecule has 1 aromatic heterocycles. The lowest BCUT2D eigenvalue weighted by Crippen LogP contribution is -2.28. The van der Waals surface area contributed by atoms with Gasteiger partial charge in [-0.1, -0.05) is 24.3 Å². The van der Waals surface area contributed by atoms with E-state index in [1.807, 2.05) is 0 Å². The highest BCUT2D eigenvalue weighted by Crippen LogP contribution is 2.36. The summed E-state index contributed by atoms with van der Waals surface area (Å²) in [5, 5.41) is 0.552. The first-order chi connectivity index (χ1) is 14.7. The van der Waals surface area contributed by atoms with E-state index in [0.29, 0.717) is 11.1 Å². The van der Waals surface area contributed by atoms with Gasteiger partial charge in [-0.05, 0) is 29.7 Å². The van der Waals surface area contributed by atoms with Crippen LogP contribution in [0.15, 0.2) is 53.3 Å². The van der Waals surface area contributed by atoms with E-state index in [9.17, 15) is 27.6 Å². The number of pyridine rings is 1. The number of fused-ring (bicyclic) bond motifs is 1. The normalized spacial score (nSPS) is 16.5. The monoisotopic (exact) mass is 432 g/mol. The molecule has 0 bridgehead atoms. The van der Waals surface area contributed by atoms with Gasteiger partial charge in [0.25, 0.3) is 5.56 Å². The van der Waals surface area contributed by atoms with Crippen LogP contribution < -0.4 is 10.5 Å². The van der Waals surface area contributed by atoms with Crippen LogP contribution in [0.25, 0.3) is 22.0 Å². The summed E-state index contributed by atoms with van der Waals surface area (Å²) < 4.78 is 49.6. The predicted molar refractivity (Wildman–Crippen MR) is 105 cm³/mol. The lowest BCUT2D eigenvalue weighted by molar-refractivity contribution is -0.148. The SMILES string of the molecule is COC(=O)[C@@H]1CN(c2ccc3cc(-c4ccccc4C(F)(F)F)[nH]c(=O)c3c2)C(=O)O1. The second kappa shape index (κ2) is 7.46. The van der Waals surface area contributed by atoms with E-state index in [0.717, 1.165) is 6.07 Å². The van der Waals surface area contributed by atoms with Gasteiger partial charge in [-0.2, -0.15) is 13.2 Å². The fraction of sp³-hybridized carbons (Fsp3) is 0.190. The number of nitrogens with one attached hydrogen (secondary N) is 1. The number of esters is 1. The van der Waals surface area contributed by atoms with Crippen LogP contribution in [0, 0.1) is 0 Å². The first kappa shape index (κ1) is 20.5. The average molecular weight is 432 g/mol. The van der Waals surface area contributed by atoms with Crippen LogP contribution in [-0.4, -0.2) is 36.8 Å². The Hall–Kier alpha value is -3.82. The second-order valence-corrected chi connectivity index (χ2v) is 6.83. The fourth-order valence-corrected chi connectivity index (χ4v) is 3.45. The van der Waals surface area contributed by atoms with Crippen molar-refractivity contribution >= 4 is 28.5 Å². The molecule has 0 saturated carbocycles. The highest BCUT2D eigenvalue weighted by molar-refractivity contribution is 5.97. The summed E-state index contributed by atoms with van der Waals surface area (Å²) in [6.45, 7) is -0.0913. The number of nitrogens with zero attached hydrogens (tertiary/aromatic N) is 1. The van der Waals surface area contributed by atoms with E-state index < -0.39 is 35.5 Å². The number of anilines is 1. The molecule has 160 valence electrons. The molecule has 10 heteroatoms. The van der Waals surface area contributed by atoms with E-state index in [1.165, 1.54) is 54.5 Å². The molecule has 0 spiro atoms. The third-order valence-corrected chi connectivity index (χ3v) is 4.94. The van der Waals surface area contributed by atoms with Gasteiger partial charge in [-0.15, -0.1) is 0 Å². The minimum atomic E-state index is -4.58. The Morgan fingerprint density at radius 3 is 2.61 bits per heavy atom. The molecule has 1 atom stereocenters. The Kier molecular flexibility index (Phi) is 4.92. The van der Waals surface area contributed by atoms with Crippen molar-refractivity contribution in [3.8, 4) is 11.3 Å². The molecule has 7 nitrogen and oxygen atoms in total. The third kappa shape index (κ3) is 3.72. The number of hydrogen-bond acceptors (Lipinski definition) is 5. The Morgan fingerprint density at radius 1 is 1.16 bits per heavy atom. The minimum absolute atomic E-state index is 0.0181. The second-order valence-electron chi connectivity index (χ2n) is 6.83. The van der Waals surface area contributed by atoms with Crippen molar-refractivity contribution in [1.82, 2.24) is 4.98 Å². The molecule has 1 saturated heterocycles. The molecular weight excluding hydrogens is 417 g/mol. The van der Waals surface area contributed by atoms with Gasteiger partial charge in [-0.25, -0.2) is 9.59 Å². The topological polar surface area (TPSA) is 88.7 Å². The minimum Gasteiger partial charge on any atom is -0.466 e. The van der Waals surface area contributed by atoms with Crippen molar-refractivity contribution in [2.75, 3.05) is 18.6 Å². The molecule has 0 radical (unpaired) electrons. The molecule has 2 heterocycles. The van der Waals surface area contributed by atoms with Gasteiger partial charge in [0.2, 0.25) is 6.10 Å². The van der Waals surface area contributed by atoms with E-state index in [4.69, 9.17) is 4.74 Å². The van der Waals surface area contributed by atoms with E-state index in [-0.39, 0.29) is 23.2 Å². The van der Waals surface area contributed by atoms with Gasteiger partial charge < -0.3 is 14.5 Å². The number of hydrogen-bond donors (Lipinski definition) is 1. The number of alkyl halides is 3. The number of benzene rings is 2. The maximum Gasteiger partial charge on any atom is 0.417 e. The summed E-state index contributed by atoms with van der Waals surface area (Å²) in [4.78, 5) is 40.0. The summed E-state index contributed by atoms with van der Waals surface area (Å²) in [6, 6.07) is 10.8. The molecule has 1 N–H and O–H groups in total. The number of cyclic esters (lactones) is 1. The van der Waals surface area contributed by atoms with Gasteiger partial charge in [0, 0.05) is 22.3 Å². The van der Waals surface area contributed by atoms with Crippen LogP contribution in [0.2, 0.25) is 0 Å². The zero-order valence-electron chi connectivity index (χ0n) is 16.0. The van der Waals surface area contributed by atoms with Crippen molar-refractivity contribution in [2.24, 2.45) is 0 Å². The lowest BCUT2D eigenvalue weighted by atomic mass is 10.0. The lowest BCUT2D eigenvalue weighted by Gasteiger charge is -2.15. The number of aromatic nitrogens is 1. The van der Waals surface area contributed by atoms with Gasteiger partial charge >= 0.3 is 18.2 Å². The van der Waals surface area contributed by atoms with Crippen LogP contribution in [0.3, 0.4) is 0 Å². The summed E-state index contributed by atoms with van der Waals surface area (Å²) >= 11 is 0. The van der Waals surface area contributed by atoms with Crippen LogP contribution in [0.5, 0.6) is 0 Å². The standard InChI is InChI=1S/C21H15F3N2O5/c1-30-19(28)17-10-26(20(29)31-17)12-7-6-11-8-16(25-18(27)14(11)9-12)13-4-2-3-5-15(13)21(22,23)24/h2-9,17H,10H2,1H3,(H,25,27)/t17-/m0/s1. The molecule has 1 amide bonds. The highest BCUT2D eigenvalue weighted by Gasteiger charge is 2.38. The quantitative estimate of drug-likeness (QED) is 0.638. The molecule has 0 aliphatic carbocycles. The number of methoxy groups -OCH3 is 1. The van der Waals surface area contributed by atoms with Crippen molar-refractivity contribution in [2.45, 2.75) is 12.3 Å². The van der Waals surface area contributed by atoms with E-state index in [1.54, 1.807) is 0 Å². The van der Waals surface area contributed by atoms with E-state index in [2.05, 4.69) is 9.72 Å². The van der Waals surface area contributed by atoms with Crippen LogP contribution in [-0.2, 0) is 20.4 Å². The Balaban J connectivity index is 1.75. The number of carbonyl (C=O) groups is 2. The molecule has 0 unspecified atom stereocenters. The number of ether oxygens (including phenoxy) is 2. The van der Waals surface area contributed by atoms with Crippen LogP contribution in [0.1, 0.15) is 5.56 Å². The Labute approximate surface area is 173 Å². The fourth-order valence-electron chi connectivity index (χ4n) is 3.45. The molecule has 1 aliphatic heterocycles.